The summed E-state index contributed by atoms with van der Waals surface area (Å²) in [4.78, 5) is 15.7. The minimum atomic E-state index is -0.195. The molecule has 0 aliphatic carbocycles. The third-order valence-electron chi connectivity index (χ3n) is 2.00. The van der Waals surface area contributed by atoms with Gasteiger partial charge in [-0.15, -0.1) is 11.3 Å². The van der Waals surface area contributed by atoms with Crippen molar-refractivity contribution in [3.63, 3.8) is 0 Å². The molecular formula is C11H10N2O2S. The number of anilines is 1. The maximum atomic E-state index is 11.8. The van der Waals surface area contributed by atoms with Gasteiger partial charge in [-0.2, -0.15) is 0 Å². The van der Waals surface area contributed by atoms with Crippen LogP contribution in [0, 0.1) is 0 Å². The van der Waals surface area contributed by atoms with Crippen LogP contribution >= 0.6 is 11.3 Å². The highest BCUT2D eigenvalue weighted by Crippen LogP contribution is 2.16. The van der Waals surface area contributed by atoms with Crippen molar-refractivity contribution in [2.75, 3.05) is 5.32 Å². The van der Waals surface area contributed by atoms with Crippen LogP contribution in [-0.2, 0) is 6.61 Å². The van der Waals surface area contributed by atoms with Crippen LogP contribution in [0.1, 0.15) is 16.1 Å². The van der Waals surface area contributed by atoms with Gasteiger partial charge in [-0.25, -0.2) is 0 Å². The Morgan fingerprint density at radius 2 is 2.38 bits per heavy atom. The van der Waals surface area contributed by atoms with E-state index >= 15 is 0 Å². The van der Waals surface area contributed by atoms with Crippen molar-refractivity contribution in [1.82, 2.24) is 4.98 Å². The first-order valence-electron chi connectivity index (χ1n) is 4.70. The zero-order chi connectivity index (χ0) is 11.4. The zero-order valence-electron chi connectivity index (χ0n) is 8.38. The minimum absolute atomic E-state index is 0.167. The van der Waals surface area contributed by atoms with Gasteiger partial charge in [0, 0.05) is 11.8 Å². The Hall–Kier alpha value is -1.72. The number of amides is 1. The number of aliphatic hydroxyl groups excluding tert-OH is 1. The number of rotatable bonds is 3. The lowest BCUT2D eigenvalue weighted by atomic mass is 10.2. The van der Waals surface area contributed by atoms with E-state index in [1.807, 2.05) is 17.5 Å². The predicted molar refractivity (Wildman–Crippen MR) is 62.4 cm³/mol. The second-order valence-electron chi connectivity index (χ2n) is 3.13. The van der Waals surface area contributed by atoms with Crippen molar-refractivity contribution < 1.29 is 9.90 Å². The summed E-state index contributed by atoms with van der Waals surface area (Å²) in [5.41, 5.74) is 0.978. The number of nitrogens with one attached hydrogen (secondary N) is 1. The van der Waals surface area contributed by atoms with Crippen molar-refractivity contribution in [3.05, 3.63) is 47.1 Å². The average molecular weight is 234 g/mol. The van der Waals surface area contributed by atoms with Gasteiger partial charge in [-0.3, -0.25) is 9.78 Å². The van der Waals surface area contributed by atoms with E-state index in [9.17, 15) is 4.79 Å². The van der Waals surface area contributed by atoms with Crippen LogP contribution in [0.5, 0.6) is 0 Å². The number of pyridine rings is 1. The molecule has 0 bridgehead atoms. The summed E-state index contributed by atoms with van der Waals surface area (Å²) in [6, 6.07) is 6.88. The molecule has 2 rings (SSSR count). The molecule has 0 aromatic carbocycles. The Labute approximate surface area is 96.6 Å². The molecule has 16 heavy (non-hydrogen) atoms. The lowest BCUT2D eigenvalue weighted by Gasteiger charge is -2.03. The largest absolute Gasteiger partial charge is 0.390 e. The molecule has 0 fully saturated rings. The summed E-state index contributed by atoms with van der Waals surface area (Å²) in [7, 11) is 0. The molecule has 0 saturated carbocycles. The molecule has 2 aromatic heterocycles. The average Bonchev–Trinajstić information content (AvgIpc) is 2.82. The normalized spacial score (nSPS) is 10.1. The van der Waals surface area contributed by atoms with Crippen molar-refractivity contribution in [3.8, 4) is 0 Å². The molecule has 0 radical (unpaired) electrons. The maximum Gasteiger partial charge on any atom is 0.256 e. The van der Waals surface area contributed by atoms with E-state index < -0.39 is 0 Å². The van der Waals surface area contributed by atoms with E-state index in [-0.39, 0.29) is 12.5 Å². The Morgan fingerprint density at radius 3 is 3.06 bits per heavy atom. The van der Waals surface area contributed by atoms with Crippen LogP contribution in [0.15, 0.2) is 35.8 Å². The predicted octanol–water partition coefficient (Wildman–Crippen LogP) is 1.89. The van der Waals surface area contributed by atoms with E-state index in [1.165, 1.54) is 17.5 Å². The lowest BCUT2D eigenvalue weighted by Crippen LogP contribution is -2.11. The number of hydrogen-bond donors (Lipinski definition) is 2. The Kier molecular flexibility index (Phi) is 3.28. The summed E-state index contributed by atoms with van der Waals surface area (Å²) < 4.78 is 0. The number of aliphatic hydroxyl groups is 1. The van der Waals surface area contributed by atoms with Crippen molar-refractivity contribution in [2.24, 2.45) is 0 Å². The van der Waals surface area contributed by atoms with Gasteiger partial charge >= 0.3 is 0 Å². The smallest absolute Gasteiger partial charge is 0.256 e. The van der Waals surface area contributed by atoms with Gasteiger partial charge in [0.2, 0.25) is 0 Å². The van der Waals surface area contributed by atoms with Gasteiger partial charge in [0.15, 0.2) is 0 Å². The molecule has 2 N–H and O–H groups in total. The number of aromatic nitrogens is 1. The minimum Gasteiger partial charge on any atom is -0.390 e. The van der Waals surface area contributed by atoms with Crippen LogP contribution in [0.3, 0.4) is 0 Å². The van der Waals surface area contributed by atoms with E-state index in [0.29, 0.717) is 11.3 Å². The van der Waals surface area contributed by atoms with Gasteiger partial charge in [0.1, 0.15) is 0 Å². The van der Waals surface area contributed by atoms with Crippen LogP contribution in [0.2, 0.25) is 0 Å². The molecule has 0 aliphatic rings. The van der Waals surface area contributed by atoms with Crippen LogP contribution < -0.4 is 5.32 Å². The van der Waals surface area contributed by atoms with Crippen LogP contribution in [0.4, 0.5) is 5.00 Å². The first kappa shape index (κ1) is 10.8. The molecule has 82 valence electrons. The van der Waals surface area contributed by atoms with Crippen molar-refractivity contribution in [1.29, 1.82) is 0 Å². The Bertz CT molecular complexity index is 482. The Morgan fingerprint density at radius 1 is 1.50 bits per heavy atom. The Balaban J connectivity index is 2.14. The van der Waals surface area contributed by atoms with E-state index in [2.05, 4.69) is 10.3 Å². The highest BCUT2D eigenvalue weighted by atomic mass is 32.1. The maximum absolute atomic E-state index is 11.8. The number of nitrogens with zero attached hydrogens (tertiary/aromatic N) is 1. The van der Waals surface area contributed by atoms with Gasteiger partial charge in [-0.1, -0.05) is 0 Å². The molecule has 4 nitrogen and oxygen atoms in total. The summed E-state index contributed by atoms with van der Waals surface area (Å²) in [5.74, 6) is -0.195. The second-order valence-corrected chi connectivity index (χ2v) is 4.07. The summed E-state index contributed by atoms with van der Waals surface area (Å²) in [6.45, 7) is -0.167. The molecular weight excluding hydrogens is 224 g/mol. The van der Waals surface area contributed by atoms with Gasteiger partial charge < -0.3 is 10.4 Å². The van der Waals surface area contributed by atoms with Gasteiger partial charge in [-0.05, 0) is 29.6 Å². The summed E-state index contributed by atoms with van der Waals surface area (Å²) in [6.07, 6.45) is 1.51. The van der Waals surface area contributed by atoms with Crippen molar-refractivity contribution >= 4 is 22.2 Å². The van der Waals surface area contributed by atoms with E-state index in [4.69, 9.17) is 5.11 Å². The van der Waals surface area contributed by atoms with E-state index in [1.54, 1.807) is 12.1 Å². The molecule has 0 spiro atoms. The van der Waals surface area contributed by atoms with Crippen LogP contribution in [0.25, 0.3) is 0 Å². The topological polar surface area (TPSA) is 62.2 Å². The number of carbonyl (C=O) groups is 1. The molecule has 1 amide bonds. The number of carbonyl (C=O) groups excluding carboxylic acids is 1. The van der Waals surface area contributed by atoms with Crippen LogP contribution in [-0.4, -0.2) is 16.0 Å². The zero-order valence-corrected chi connectivity index (χ0v) is 9.20. The summed E-state index contributed by atoms with van der Waals surface area (Å²) >= 11 is 1.46. The lowest BCUT2D eigenvalue weighted by molar-refractivity contribution is 0.102. The fourth-order valence-electron chi connectivity index (χ4n) is 1.24. The number of hydrogen-bond acceptors (Lipinski definition) is 4. The van der Waals surface area contributed by atoms with Crippen molar-refractivity contribution in [2.45, 2.75) is 6.61 Å². The summed E-state index contributed by atoms with van der Waals surface area (Å²) in [5, 5.41) is 14.4. The SMILES string of the molecule is O=C(Nc1cccs1)c1ccnc(CO)c1. The molecule has 2 aromatic rings. The standard InChI is InChI=1S/C11H10N2O2S/c14-7-9-6-8(3-4-12-9)11(15)13-10-2-1-5-16-10/h1-6,14H,7H2,(H,13,15). The molecule has 5 heteroatoms. The molecule has 2 heterocycles. The third kappa shape index (κ3) is 2.44. The molecule has 0 aliphatic heterocycles. The molecule has 0 atom stereocenters. The second kappa shape index (κ2) is 4.87. The van der Waals surface area contributed by atoms with E-state index in [0.717, 1.165) is 5.00 Å². The monoisotopic (exact) mass is 234 g/mol. The molecule has 0 saturated heterocycles. The molecule has 0 unspecified atom stereocenters. The first-order valence-corrected chi connectivity index (χ1v) is 5.58. The quantitative estimate of drug-likeness (QED) is 0.852. The van der Waals surface area contributed by atoms with Gasteiger partial charge in [0.05, 0.1) is 17.3 Å². The fourth-order valence-corrected chi connectivity index (χ4v) is 1.85. The highest BCUT2D eigenvalue weighted by molar-refractivity contribution is 7.14. The highest BCUT2D eigenvalue weighted by Gasteiger charge is 2.07. The first-order chi connectivity index (χ1) is 7.79. The van der Waals surface area contributed by atoms with Gasteiger partial charge in [0.25, 0.3) is 5.91 Å². The number of thiophene rings is 1. The third-order valence-corrected chi connectivity index (χ3v) is 2.78. The fraction of sp³-hybridized carbons (Fsp3) is 0.0909.